The van der Waals surface area contributed by atoms with Crippen LogP contribution in [0.5, 0.6) is 0 Å². The highest BCUT2D eigenvalue weighted by Crippen LogP contribution is 2.24. The van der Waals surface area contributed by atoms with Gasteiger partial charge in [-0.1, -0.05) is 31.2 Å². The summed E-state index contributed by atoms with van der Waals surface area (Å²) in [5.74, 6) is -0.356. The third-order valence-electron chi connectivity index (χ3n) is 2.91. The Balaban J connectivity index is 2.44. The van der Waals surface area contributed by atoms with E-state index in [2.05, 4.69) is 11.9 Å². The first-order valence-electron chi connectivity index (χ1n) is 5.66. The van der Waals surface area contributed by atoms with Gasteiger partial charge in [-0.2, -0.15) is 0 Å². The average Bonchev–Trinajstić information content (AvgIpc) is 2.38. The second kappa shape index (κ2) is 5.06. The molecule has 17 heavy (non-hydrogen) atoms. The second-order valence-electron chi connectivity index (χ2n) is 3.93. The molecule has 0 aliphatic rings. The highest BCUT2D eigenvalue weighted by Gasteiger charge is 2.15. The first-order valence-corrected chi connectivity index (χ1v) is 5.66. The van der Waals surface area contributed by atoms with Gasteiger partial charge in [0.15, 0.2) is 0 Å². The largest absolute Gasteiger partial charge is 0.320 e. The number of benzene rings is 1. The van der Waals surface area contributed by atoms with Crippen molar-refractivity contribution < 1.29 is 4.39 Å². The van der Waals surface area contributed by atoms with Gasteiger partial charge in [-0.3, -0.25) is 4.98 Å². The summed E-state index contributed by atoms with van der Waals surface area (Å²) in [4.78, 5) is 3.73. The van der Waals surface area contributed by atoms with Crippen molar-refractivity contribution in [3.63, 3.8) is 0 Å². The van der Waals surface area contributed by atoms with Crippen molar-refractivity contribution >= 4 is 0 Å². The van der Waals surface area contributed by atoms with Gasteiger partial charge in [0.05, 0.1) is 12.2 Å². The van der Waals surface area contributed by atoms with Gasteiger partial charge in [-0.25, -0.2) is 4.39 Å². The molecule has 2 aromatic rings. The van der Waals surface area contributed by atoms with Crippen LogP contribution < -0.4 is 5.73 Å². The lowest BCUT2D eigenvalue weighted by atomic mass is 9.94. The Hall–Kier alpha value is -1.74. The standard InChI is InChI=1S/C14H15FN2/c1-2-10-5-3-4-6-11(10)14(16)12-7-8-17-9-13(12)15/h3-9,14H,2,16H2,1H3. The Kier molecular flexibility index (Phi) is 3.49. The summed E-state index contributed by atoms with van der Waals surface area (Å²) in [5.41, 5.74) is 8.73. The number of hydrogen-bond acceptors (Lipinski definition) is 2. The molecule has 0 aliphatic heterocycles. The van der Waals surface area contributed by atoms with Crippen molar-refractivity contribution in [2.75, 3.05) is 0 Å². The predicted octanol–water partition coefficient (Wildman–Crippen LogP) is 2.83. The highest BCUT2D eigenvalue weighted by molar-refractivity contribution is 5.36. The number of nitrogens with two attached hydrogens (primary N) is 1. The summed E-state index contributed by atoms with van der Waals surface area (Å²) in [5, 5.41) is 0. The fourth-order valence-electron chi connectivity index (χ4n) is 1.97. The van der Waals surface area contributed by atoms with Crippen molar-refractivity contribution in [1.29, 1.82) is 0 Å². The van der Waals surface area contributed by atoms with Gasteiger partial charge in [-0.05, 0) is 23.6 Å². The number of aryl methyl sites for hydroxylation is 1. The lowest BCUT2D eigenvalue weighted by molar-refractivity contribution is 0.592. The molecule has 2 rings (SSSR count). The molecule has 1 aromatic carbocycles. The van der Waals surface area contributed by atoms with Gasteiger partial charge in [0.2, 0.25) is 0 Å². The zero-order chi connectivity index (χ0) is 12.3. The van der Waals surface area contributed by atoms with Crippen molar-refractivity contribution in [3.05, 3.63) is 65.2 Å². The molecule has 2 N–H and O–H groups in total. The molecule has 0 radical (unpaired) electrons. The van der Waals surface area contributed by atoms with E-state index in [4.69, 9.17) is 5.73 Å². The Morgan fingerprint density at radius 1 is 1.24 bits per heavy atom. The monoisotopic (exact) mass is 230 g/mol. The predicted molar refractivity (Wildman–Crippen MR) is 66.0 cm³/mol. The van der Waals surface area contributed by atoms with E-state index >= 15 is 0 Å². The van der Waals surface area contributed by atoms with E-state index < -0.39 is 6.04 Å². The smallest absolute Gasteiger partial charge is 0.146 e. The fourth-order valence-corrected chi connectivity index (χ4v) is 1.97. The summed E-state index contributed by atoms with van der Waals surface area (Å²) in [6.45, 7) is 2.06. The Bertz CT molecular complexity index is 511. The summed E-state index contributed by atoms with van der Waals surface area (Å²) in [6, 6.07) is 9.06. The van der Waals surface area contributed by atoms with Crippen LogP contribution in [0.15, 0.2) is 42.7 Å². The molecule has 0 spiro atoms. The van der Waals surface area contributed by atoms with Crippen LogP contribution in [-0.2, 0) is 6.42 Å². The van der Waals surface area contributed by atoms with Crippen LogP contribution >= 0.6 is 0 Å². The number of rotatable bonds is 3. The zero-order valence-electron chi connectivity index (χ0n) is 9.73. The van der Waals surface area contributed by atoms with E-state index in [0.29, 0.717) is 5.56 Å². The van der Waals surface area contributed by atoms with E-state index in [-0.39, 0.29) is 5.82 Å². The normalized spacial score (nSPS) is 12.4. The molecule has 1 unspecified atom stereocenters. The molecule has 1 atom stereocenters. The van der Waals surface area contributed by atoms with E-state index in [9.17, 15) is 4.39 Å². The van der Waals surface area contributed by atoms with E-state index in [1.54, 1.807) is 12.3 Å². The molecule has 0 saturated carbocycles. The highest BCUT2D eigenvalue weighted by atomic mass is 19.1. The summed E-state index contributed by atoms with van der Waals surface area (Å²) < 4.78 is 13.6. The summed E-state index contributed by atoms with van der Waals surface area (Å²) in [7, 11) is 0. The maximum absolute atomic E-state index is 13.6. The molecule has 0 bridgehead atoms. The van der Waals surface area contributed by atoms with Crippen LogP contribution in [0.2, 0.25) is 0 Å². The molecular formula is C14H15FN2. The third kappa shape index (κ3) is 2.34. The van der Waals surface area contributed by atoms with Crippen LogP contribution in [0.4, 0.5) is 4.39 Å². The van der Waals surface area contributed by atoms with Crippen molar-refractivity contribution in [2.24, 2.45) is 5.73 Å². The molecule has 88 valence electrons. The van der Waals surface area contributed by atoms with Crippen LogP contribution in [-0.4, -0.2) is 4.98 Å². The molecule has 1 heterocycles. The van der Waals surface area contributed by atoms with Crippen molar-refractivity contribution in [3.8, 4) is 0 Å². The number of pyridine rings is 1. The number of hydrogen-bond donors (Lipinski definition) is 1. The van der Waals surface area contributed by atoms with Crippen molar-refractivity contribution in [2.45, 2.75) is 19.4 Å². The molecular weight excluding hydrogens is 215 g/mol. The van der Waals surface area contributed by atoms with Gasteiger partial charge in [0.1, 0.15) is 5.82 Å². The minimum atomic E-state index is -0.436. The van der Waals surface area contributed by atoms with Gasteiger partial charge >= 0.3 is 0 Å². The van der Waals surface area contributed by atoms with Crippen LogP contribution in [0.1, 0.15) is 29.7 Å². The third-order valence-corrected chi connectivity index (χ3v) is 2.91. The Labute approximate surface area is 100 Å². The van der Waals surface area contributed by atoms with Gasteiger partial charge < -0.3 is 5.73 Å². The topological polar surface area (TPSA) is 38.9 Å². The molecule has 2 nitrogen and oxygen atoms in total. The molecule has 0 aliphatic carbocycles. The summed E-state index contributed by atoms with van der Waals surface area (Å²) >= 11 is 0. The lowest BCUT2D eigenvalue weighted by Crippen LogP contribution is -2.15. The van der Waals surface area contributed by atoms with Gasteiger partial charge in [-0.15, -0.1) is 0 Å². The number of halogens is 1. The molecule has 0 saturated heterocycles. The molecule has 3 heteroatoms. The van der Waals surface area contributed by atoms with E-state index in [1.807, 2.05) is 24.3 Å². The number of nitrogens with zero attached hydrogens (tertiary/aromatic N) is 1. The second-order valence-corrected chi connectivity index (χ2v) is 3.93. The molecule has 1 aromatic heterocycles. The van der Waals surface area contributed by atoms with E-state index in [1.165, 1.54) is 6.20 Å². The van der Waals surface area contributed by atoms with Gasteiger partial charge in [0.25, 0.3) is 0 Å². The quantitative estimate of drug-likeness (QED) is 0.880. The fraction of sp³-hybridized carbons (Fsp3) is 0.214. The molecule has 0 amide bonds. The maximum atomic E-state index is 13.6. The van der Waals surface area contributed by atoms with E-state index in [0.717, 1.165) is 17.5 Å². The van der Waals surface area contributed by atoms with Crippen molar-refractivity contribution in [1.82, 2.24) is 4.98 Å². The first-order chi connectivity index (χ1) is 8.24. The van der Waals surface area contributed by atoms with Gasteiger partial charge in [0, 0.05) is 11.8 Å². The Morgan fingerprint density at radius 3 is 2.71 bits per heavy atom. The zero-order valence-corrected chi connectivity index (χ0v) is 9.73. The Morgan fingerprint density at radius 2 is 2.00 bits per heavy atom. The lowest BCUT2D eigenvalue weighted by Gasteiger charge is -2.16. The molecule has 0 fully saturated rings. The van der Waals surface area contributed by atoms with Crippen LogP contribution in [0.3, 0.4) is 0 Å². The first kappa shape index (κ1) is 11.7. The maximum Gasteiger partial charge on any atom is 0.146 e. The number of aromatic nitrogens is 1. The van der Waals surface area contributed by atoms with Crippen LogP contribution in [0.25, 0.3) is 0 Å². The average molecular weight is 230 g/mol. The SMILES string of the molecule is CCc1ccccc1C(N)c1ccncc1F. The summed E-state index contributed by atoms with van der Waals surface area (Å²) in [6.07, 6.45) is 3.65. The minimum Gasteiger partial charge on any atom is -0.320 e. The minimum absolute atomic E-state index is 0.356. The van der Waals surface area contributed by atoms with Crippen LogP contribution in [0, 0.1) is 5.82 Å².